The van der Waals surface area contributed by atoms with Gasteiger partial charge in [-0.1, -0.05) is 26.3 Å². The van der Waals surface area contributed by atoms with Crippen LogP contribution in [0.3, 0.4) is 0 Å². The van der Waals surface area contributed by atoms with Crippen LogP contribution in [0.2, 0.25) is 0 Å². The molecule has 4 nitrogen and oxygen atoms in total. The molecule has 1 aromatic rings. The minimum atomic E-state index is -0.360. The minimum Gasteiger partial charge on any atom is -0.465 e. The zero-order valence-corrected chi connectivity index (χ0v) is 13.1. The maximum atomic E-state index is 11.6. The van der Waals surface area contributed by atoms with Crippen LogP contribution in [0.25, 0.3) is 6.08 Å². The lowest BCUT2D eigenvalue weighted by Crippen LogP contribution is -2.19. The van der Waals surface area contributed by atoms with Gasteiger partial charge >= 0.3 is 5.97 Å². The number of esters is 1. The highest BCUT2D eigenvalue weighted by molar-refractivity contribution is 5.91. The summed E-state index contributed by atoms with van der Waals surface area (Å²) < 4.78 is 10.3. The van der Waals surface area contributed by atoms with Crippen LogP contribution in [-0.4, -0.2) is 26.2 Å². The number of rotatable bonds is 7. The van der Waals surface area contributed by atoms with Gasteiger partial charge in [-0.05, 0) is 37.9 Å². The molecule has 0 radical (unpaired) electrons. The zero-order chi connectivity index (χ0) is 15.1. The molecular weight excluding hydrogens is 254 g/mol. The number of nitrogens with one attached hydrogen (secondary N) is 1. The van der Waals surface area contributed by atoms with Gasteiger partial charge in [-0.25, -0.2) is 4.79 Å². The maximum Gasteiger partial charge on any atom is 0.341 e. The van der Waals surface area contributed by atoms with Gasteiger partial charge in [0.25, 0.3) is 0 Å². The van der Waals surface area contributed by atoms with Gasteiger partial charge in [0.2, 0.25) is 0 Å². The van der Waals surface area contributed by atoms with Crippen molar-refractivity contribution in [2.75, 3.05) is 20.2 Å². The Kier molecular flexibility index (Phi) is 6.52. The van der Waals surface area contributed by atoms with Gasteiger partial charge in [0.15, 0.2) is 0 Å². The average Bonchev–Trinajstić information content (AvgIpc) is 2.77. The van der Waals surface area contributed by atoms with Crippen LogP contribution < -0.4 is 5.32 Å². The van der Waals surface area contributed by atoms with Crippen molar-refractivity contribution in [2.24, 2.45) is 5.92 Å². The molecule has 0 aliphatic carbocycles. The number of ether oxygens (including phenoxy) is 1. The summed E-state index contributed by atoms with van der Waals surface area (Å²) in [4.78, 5) is 11.6. The molecule has 0 atom stereocenters. The molecule has 112 valence electrons. The monoisotopic (exact) mass is 279 g/mol. The first-order valence-electron chi connectivity index (χ1n) is 7.09. The fraction of sp³-hybridized carbons (Fsp3) is 0.562. The van der Waals surface area contributed by atoms with E-state index in [1.807, 2.05) is 6.08 Å². The first-order valence-corrected chi connectivity index (χ1v) is 7.09. The molecule has 1 rings (SSSR count). The number of methoxy groups -OCH3 is 1. The van der Waals surface area contributed by atoms with Crippen molar-refractivity contribution in [3.63, 3.8) is 0 Å². The van der Waals surface area contributed by atoms with Crippen molar-refractivity contribution in [1.29, 1.82) is 0 Å². The molecule has 0 saturated heterocycles. The van der Waals surface area contributed by atoms with E-state index in [2.05, 4.69) is 26.1 Å². The van der Waals surface area contributed by atoms with Crippen molar-refractivity contribution in [3.05, 3.63) is 28.7 Å². The highest BCUT2D eigenvalue weighted by Gasteiger charge is 2.15. The maximum absolute atomic E-state index is 11.6. The number of hydrogen-bond donors (Lipinski definition) is 1. The van der Waals surface area contributed by atoms with E-state index in [1.54, 1.807) is 13.0 Å². The van der Waals surface area contributed by atoms with Crippen LogP contribution in [0, 0.1) is 12.8 Å². The number of carbonyl (C=O) groups is 1. The van der Waals surface area contributed by atoms with E-state index >= 15 is 0 Å². The van der Waals surface area contributed by atoms with Gasteiger partial charge in [-0.15, -0.1) is 0 Å². The van der Waals surface area contributed by atoms with Crippen LogP contribution in [0.15, 0.2) is 16.1 Å². The molecule has 4 heteroatoms. The lowest BCUT2D eigenvalue weighted by atomic mass is 10.0. The molecule has 0 amide bonds. The largest absolute Gasteiger partial charge is 0.465 e. The van der Waals surface area contributed by atoms with Crippen LogP contribution in [0.4, 0.5) is 0 Å². The topological polar surface area (TPSA) is 51.5 Å². The molecule has 1 heterocycles. The standard InChI is InChI=1S/C16H25NO3/c1-6-7-17-10-13(11(2)3)8-14-9-15(12(4)20-14)16(18)19-5/h8-9,11,17H,6-7,10H2,1-5H3. The number of hydrogen-bond acceptors (Lipinski definition) is 4. The van der Waals surface area contributed by atoms with Crippen LogP contribution in [0.5, 0.6) is 0 Å². The van der Waals surface area contributed by atoms with Gasteiger partial charge in [0.1, 0.15) is 17.1 Å². The van der Waals surface area contributed by atoms with Gasteiger partial charge in [-0.2, -0.15) is 0 Å². The summed E-state index contributed by atoms with van der Waals surface area (Å²) in [6.45, 7) is 10.0. The van der Waals surface area contributed by atoms with Crippen molar-refractivity contribution in [2.45, 2.75) is 34.1 Å². The predicted octanol–water partition coefficient (Wildman–Crippen LogP) is 3.41. The molecule has 0 unspecified atom stereocenters. The van der Waals surface area contributed by atoms with E-state index in [0.29, 0.717) is 23.0 Å². The van der Waals surface area contributed by atoms with Crippen LogP contribution in [0.1, 0.15) is 49.1 Å². The molecule has 1 N–H and O–H groups in total. The first kappa shape index (κ1) is 16.5. The number of furan rings is 1. The molecule has 1 aromatic heterocycles. The summed E-state index contributed by atoms with van der Waals surface area (Å²) in [5, 5.41) is 3.39. The fourth-order valence-corrected chi connectivity index (χ4v) is 1.90. The van der Waals surface area contributed by atoms with E-state index in [9.17, 15) is 4.79 Å². The molecule has 0 aliphatic rings. The van der Waals surface area contributed by atoms with Gasteiger partial charge in [0.05, 0.1) is 7.11 Å². The fourth-order valence-electron chi connectivity index (χ4n) is 1.90. The van der Waals surface area contributed by atoms with E-state index in [1.165, 1.54) is 12.7 Å². The van der Waals surface area contributed by atoms with Crippen LogP contribution >= 0.6 is 0 Å². The molecule has 0 aliphatic heterocycles. The highest BCUT2D eigenvalue weighted by atomic mass is 16.5. The Labute approximate surface area is 121 Å². The van der Waals surface area contributed by atoms with E-state index in [-0.39, 0.29) is 5.97 Å². The summed E-state index contributed by atoms with van der Waals surface area (Å²) in [7, 11) is 1.37. The minimum absolute atomic E-state index is 0.360. The van der Waals surface area contributed by atoms with Gasteiger partial charge in [0, 0.05) is 6.54 Å². The van der Waals surface area contributed by atoms with Crippen molar-refractivity contribution in [1.82, 2.24) is 5.32 Å². The summed E-state index contributed by atoms with van der Waals surface area (Å²) in [6, 6.07) is 1.74. The summed E-state index contributed by atoms with van der Waals surface area (Å²) in [5.41, 5.74) is 1.74. The normalized spacial score (nSPS) is 12.0. The predicted molar refractivity (Wildman–Crippen MR) is 80.8 cm³/mol. The summed E-state index contributed by atoms with van der Waals surface area (Å²) in [6.07, 6.45) is 3.12. The Morgan fingerprint density at radius 1 is 1.50 bits per heavy atom. The second kappa shape index (κ2) is 7.90. The Morgan fingerprint density at radius 3 is 2.75 bits per heavy atom. The number of aryl methyl sites for hydroxylation is 1. The van der Waals surface area contributed by atoms with E-state index < -0.39 is 0 Å². The van der Waals surface area contributed by atoms with Crippen molar-refractivity contribution in [3.8, 4) is 0 Å². The average molecular weight is 279 g/mol. The quantitative estimate of drug-likeness (QED) is 0.614. The Balaban J connectivity index is 2.91. The Morgan fingerprint density at radius 2 is 2.20 bits per heavy atom. The second-order valence-corrected chi connectivity index (χ2v) is 5.16. The third kappa shape index (κ3) is 4.53. The first-order chi connectivity index (χ1) is 9.49. The Hall–Kier alpha value is -1.55. The third-order valence-electron chi connectivity index (χ3n) is 3.17. The molecule has 0 spiro atoms. The lowest BCUT2D eigenvalue weighted by Gasteiger charge is -2.11. The molecule has 0 saturated carbocycles. The summed E-state index contributed by atoms with van der Waals surface area (Å²) in [5.74, 6) is 1.35. The van der Waals surface area contributed by atoms with Gasteiger partial charge in [-0.3, -0.25) is 0 Å². The third-order valence-corrected chi connectivity index (χ3v) is 3.17. The lowest BCUT2D eigenvalue weighted by molar-refractivity contribution is 0.0599. The smallest absolute Gasteiger partial charge is 0.341 e. The molecule has 0 fully saturated rings. The van der Waals surface area contributed by atoms with Crippen LogP contribution in [-0.2, 0) is 4.74 Å². The number of carbonyl (C=O) groups excluding carboxylic acids is 1. The second-order valence-electron chi connectivity index (χ2n) is 5.16. The van der Waals surface area contributed by atoms with Crippen molar-refractivity contribution >= 4 is 12.0 Å². The molecule has 0 aromatic carbocycles. The van der Waals surface area contributed by atoms with E-state index in [0.717, 1.165) is 19.5 Å². The van der Waals surface area contributed by atoms with Gasteiger partial charge < -0.3 is 14.5 Å². The molecule has 0 bridgehead atoms. The zero-order valence-electron chi connectivity index (χ0n) is 13.1. The summed E-state index contributed by atoms with van der Waals surface area (Å²) >= 11 is 0. The molecule has 20 heavy (non-hydrogen) atoms. The SMILES string of the molecule is CCCNCC(=Cc1cc(C(=O)OC)c(C)o1)C(C)C. The molecular formula is C16H25NO3. The van der Waals surface area contributed by atoms with E-state index in [4.69, 9.17) is 9.15 Å². The van der Waals surface area contributed by atoms with Crippen molar-refractivity contribution < 1.29 is 13.9 Å². The highest BCUT2D eigenvalue weighted by Crippen LogP contribution is 2.20. The Bertz CT molecular complexity index is 472.